The van der Waals surface area contributed by atoms with Crippen LogP contribution in [0.1, 0.15) is 49.3 Å². The maximum atomic E-state index is 14.9. The van der Waals surface area contributed by atoms with Gasteiger partial charge in [-0.25, -0.2) is 14.2 Å². The molecule has 44 heavy (non-hydrogen) atoms. The second-order valence-electron chi connectivity index (χ2n) is 11.0. The molecule has 2 fully saturated rings. The Morgan fingerprint density at radius 1 is 1.16 bits per heavy atom. The quantitative estimate of drug-likeness (QED) is 0.240. The third-order valence-corrected chi connectivity index (χ3v) is 8.45. The van der Waals surface area contributed by atoms with Crippen molar-refractivity contribution in [2.75, 3.05) is 13.1 Å². The number of halogens is 3. The van der Waals surface area contributed by atoms with Crippen molar-refractivity contribution in [3.8, 4) is 0 Å². The summed E-state index contributed by atoms with van der Waals surface area (Å²) in [5, 5.41) is 10.1. The monoisotopic (exact) mass is 637 g/mol. The normalized spacial score (nSPS) is 21.4. The molecule has 3 heterocycles. The molecule has 2 aliphatic rings. The average molecular weight is 639 g/mol. The molecule has 2 aromatic carbocycles. The lowest BCUT2D eigenvalue weighted by Crippen LogP contribution is -2.35. The molecule has 1 atom stereocenters. The maximum absolute atomic E-state index is 14.9. The first-order valence-corrected chi connectivity index (χ1v) is 15.1. The average Bonchev–Trinajstić information content (AvgIpc) is 3.53. The highest BCUT2D eigenvalue weighted by atomic mass is 35.5. The number of carboxylic acids is 1. The van der Waals surface area contributed by atoms with E-state index in [0.29, 0.717) is 40.3 Å². The van der Waals surface area contributed by atoms with Crippen LogP contribution in [0.3, 0.4) is 0 Å². The smallest absolute Gasteiger partial charge is 0.328 e. The lowest BCUT2D eigenvalue weighted by Gasteiger charge is -2.33. The fraction of sp³-hybridized carbons (Fsp3) is 0.294. The third kappa shape index (κ3) is 6.93. The van der Waals surface area contributed by atoms with Crippen LogP contribution in [-0.4, -0.2) is 38.6 Å². The zero-order chi connectivity index (χ0) is 31.4. The second-order valence-corrected chi connectivity index (χ2v) is 11.8. The van der Waals surface area contributed by atoms with Crippen molar-refractivity contribution in [3.05, 3.63) is 129 Å². The van der Waals surface area contributed by atoms with E-state index in [1.165, 1.54) is 6.07 Å². The van der Waals surface area contributed by atoms with Crippen molar-refractivity contribution in [1.82, 2.24) is 14.5 Å². The molecule has 1 aromatic heterocycles. The number of aliphatic carboxylic acids is 1. The molecule has 5 rings (SSSR count). The Morgan fingerprint density at radius 2 is 1.91 bits per heavy atom. The predicted molar refractivity (Wildman–Crippen MR) is 169 cm³/mol. The summed E-state index contributed by atoms with van der Waals surface area (Å²) in [5.74, 6) is -0.745. The summed E-state index contributed by atoms with van der Waals surface area (Å²) in [7, 11) is 0. The van der Waals surface area contributed by atoms with Crippen molar-refractivity contribution in [1.29, 1.82) is 0 Å². The Morgan fingerprint density at radius 3 is 2.57 bits per heavy atom. The first-order valence-electron chi connectivity index (χ1n) is 14.4. The lowest BCUT2D eigenvalue weighted by molar-refractivity contribution is -0.132. The van der Waals surface area contributed by atoms with Crippen LogP contribution in [0.2, 0.25) is 10.0 Å². The molecule has 7 nitrogen and oxygen atoms in total. The van der Waals surface area contributed by atoms with Crippen molar-refractivity contribution < 1.29 is 23.8 Å². The van der Waals surface area contributed by atoms with Gasteiger partial charge in [-0.2, -0.15) is 0 Å². The van der Waals surface area contributed by atoms with Crippen molar-refractivity contribution in [2.45, 2.75) is 45.6 Å². The van der Waals surface area contributed by atoms with Gasteiger partial charge in [0, 0.05) is 35.2 Å². The summed E-state index contributed by atoms with van der Waals surface area (Å²) < 4.78 is 29.4. The van der Waals surface area contributed by atoms with Gasteiger partial charge in [-0.05, 0) is 86.8 Å². The van der Waals surface area contributed by atoms with Gasteiger partial charge in [0.1, 0.15) is 11.6 Å². The van der Waals surface area contributed by atoms with Crippen LogP contribution in [0.4, 0.5) is 4.39 Å². The van der Waals surface area contributed by atoms with Gasteiger partial charge in [0.15, 0.2) is 11.5 Å². The van der Waals surface area contributed by atoms with E-state index in [9.17, 15) is 14.3 Å². The number of rotatable bonds is 9. The molecule has 0 aliphatic carbocycles. The Labute approximate surface area is 266 Å². The standard InChI is InChI=1S/C34H34Cl2FN3O4/c1-4-27(33-30(5-2)43-34(3,44-33)28-11-9-25(36)18-29(28)37)23-13-15-39(16-14-23)21-31-38-19-26(10-12-32(41)42)40(31)20-22-7-6-8-24(35)17-22/h4-12,17-19,23H,1,13-16,20-21H2,2-3H3,(H,41,42)/b12-10+,30-5+,33-27-. The van der Waals surface area contributed by atoms with Gasteiger partial charge in [0.25, 0.3) is 5.79 Å². The van der Waals surface area contributed by atoms with Crippen molar-refractivity contribution in [3.63, 3.8) is 0 Å². The molecule has 10 heteroatoms. The van der Waals surface area contributed by atoms with E-state index in [0.717, 1.165) is 49.0 Å². The number of carboxylic acid groups (broad SMARTS) is 1. The van der Waals surface area contributed by atoms with Gasteiger partial charge in [-0.15, -0.1) is 0 Å². The summed E-state index contributed by atoms with van der Waals surface area (Å²) in [6, 6.07) is 12.0. The number of nitrogens with zero attached hydrogens (tertiary/aromatic N) is 3. The third-order valence-electron chi connectivity index (χ3n) is 7.98. The lowest BCUT2D eigenvalue weighted by atomic mass is 9.88. The molecular formula is C34H34Cl2FN3O4. The van der Waals surface area contributed by atoms with Gasteiger partial charge in [-0.3, -0.25) is 4.90 Å². The highest BCUT2D eigenvalue weighted by Crippen LogP contribution is 2.46. The highest BCUT2D eigenvalue weighted by molar-refractivity contribution is 6.30. The first kappa shape index (κ1) is 31.6. The van der Waals surface area contributed by atoms with Gasteiger partial charge in [-0.1, -0.05) is 48.0 Å². The molecule has 0 radical (unpaired) electrons. The number of benzene rings is 2. The number of ether oxygens (including phenoxy) is 2. The van der Waals surface area contributed by atoms with Gasteiger partial charge >= 0.3 is 5.97 Å². The molecule has 1 unspecified atom stereocenters. The molecule has 0 bridgehead atoms. The van der Waals surface area contributed by atoms with Crippen LogP contribution in [-0.2, 0) is 33.1 Å². The van der Waals surface area contributed by atoms with Gasteiger partial charge < -0.3 is 19.1 Å². The van der Waals surface area contributed by atoms with E-state index in [1.807, 2.05) is 47.9 Å². The number of carbonyl (C=O) groups is 1. The number of likely N-dealkylation sites (tertiary alicyclic amines) is 1. The number of allylic oxidation sites excluding steroid dienone is 3. The van der Waals surface area contributed by atoms with E-state index in [1.54, 1.807) is 31.3 Å². The van der Waals surface area contributed by atoms with Crippen LogP contribution in [0, 0.1) is 11.7 Å². The fourth-order valence-corrected chi connectivity index (χ4v) is 6.14. The number of aromatic nitrogens is 2. The van der Waals surface area contributed by atoms with Crippen LogP contribution in [0.15, 0.2) is 90.6 Å². The zero-order valence-electron chi connectivity index (χ0n) is 24.6. The molecule has 230 valence electrons. The maximum Gasteiger partial charge on any atom is 0.328 e. The molecular weight excluding hydrogens is 604 g/mol. The Hall–Kier alpha value is -3.85. The predicted octanol–water partition coefficient (Wildman–Crippen LogP) is 7.95. The van der Waals surface area contributed by atoms with Crippen molar-refractivity contribution in [2.24, 2.45) is 5.92 Å². The number of hydrogen-bond acceptors (Lipinski definition) is 5. The Balaban J connectivity index is 1.33. The van der Waals surface area contributed by atoms with Crippen LogP contribution in [0.25, 0.3) is 6.08 Å². The molecule has 0 saturated carbocycles. The summed E-state index contributed by atoms with van der Waals surface area (Å²) in [6.07, 6.45) is 9.70. The van der Waals surface area contributed by atoms with E-state index in [4.69, 9.17) is 32.7 Å². The van der Waals surface area contributed by atoms with Crippen molar-refractivity contribution >= 4 is 35.2 Å². The molecule has 2 saturated heterocycles. The second kappa shape index (κ2) is 13.4. The van der Waals surface area contributed by atoms with Gasteiger partial charge in [0.2, 0.25) is 0 Å². The van der Waals surface area contributed by atoms with Crippen LogP contribution >= 0.6 is 23.2 Å². The summed E-state index contributed by atoms with van der Waals surface area (Å²) in [6.45, 7) is 10.3. The minimum Gasteiger partial charge on any atom is -0.478 e. The molecule has 1 N–H and O–H groups in total. The number of hydrogen-bond donors (Lipinski definition) is 1. The van der Waals surface area contributed by atoms with Gasteiger partial charge in [0.05, 0.1) is 24.0 Å². The van der Waals surface area contributed by atoms with E-state index >= 15 is 0 Å². The van der Waals surface area contributed by atoms with E-state index < -0.39 is 17.6 Å². The summed E-state index contributed by atoms with van der Waals surface area (Å²) >= 11 is 12.2. The first-order chi connectivity index (χ1) is 21.1. The SMILES string of the molecule is C=C/C(=C1/OC(C)(c2ccc(Cl)cc2F)O/C1=C/C)C1CCN(Cc2ncc(/C=C/C(=O)O)n2Cc2cccc(Cl)c2)CC1. The molecule has 3 aromatic rings. The summed E-state index contributed by atoms with van der Waals surface area (Å²) in [5.41, 5.74) is 2.89. The topological polar surface area (TPSA) is 76.8 Å². The highest BCUT2D eigenvalue weighted by Gasteiger charge is 2.44. The van der Waals surface area contributed by atoms with E-state index in [2.05, 4.69) is 16.5 Å². The van der Waals surface area contributed by atoms with E-state index in [-0.39, 0.29) is 11.5 Å². The molecule has 2 aliphatic heterocycles. The Kier molecular flexibility index (Phi) is 9.63. The zero-order valence-corrected chi connectivity index (χ0v) is 26.1. The minimum atomic E-state index is -1.34. The van der Waals surface area contributed by atoms with Crippen LogP contribution in [0.5, 0.6) is 0 Å². The molecule has 0 spiro atoms. The summed E-state index contributed by atoms with van der Waals surface area (Å²) in [4.78, 5) is 18.2. The molecule has 0 amide bonds. The largest absolute Gasteiger partial charge is 0.478 e. The minimum absolute atomic E-state index is 0.162. The van der Waals surface area contributed by atoms with Crippen LogP contribution < -0.4 is 0 Å². The number of piperidine rings is 1. The Bertz CT molecular complexity index is 1660. The number of imidazole rings is 1. The fourth-order valence-electron chi connectivity index (χ4n) is 5.77.